The molecule has 0 aromatic heterocycles. The number of rotatable bonds is 9. The summed E-state index contributed by atoms with van der Waals surface area (Å²) in [4.78, 5) is 11.3. The van der Waals surface area contributed by atoms with Crippen LogP contribution < -0.4 is 9.46 Å². The van der Waals surface area contributed by atoms with E-state index in [4.69, 9.17) is 4.74 Å². The zero-order valence-electron chi connectivity index (χ0n) is 13.1. The molecule has 0 saturated heterocycles. The van der Waals surface area contributed by atoms with E-state index in [1.807, 2.05) is 13.8 Å². The van der Waals surface area contributed by atoms with Gasteiger partial charge in [0.25, 0.3) is 0 Å². The normalized spacial score (nSPS) is 14.3. The molecule has 0 amide bonds. The van der Waals surface area contributed by atoms with Crippen molar-refractivity contribution in [1.82, 2.24) is 4.72 Å². The number of carbonyl (C=O) groups is 1. The first-order valence-corrected chi connectivity index (χ1v) is 8.78. The third kappa shape index (κ3) is 4.99. The van der Waals surface area contributed by atoms with Crippen molar-refractivity contribution in [2.45, 2.75) is 44.6 Å². The molecule has 0 aliphatic rings. The summed E-state index contributed by atoms with van der Waals surface area (Å²) < 4.78 is 32.2. The molecule has 0 heterocycles. The van der Waals surface area contributed by atoms with Gasteiger partial charge in [0.05, 0.1) is 11.5 Å². The number of nitrogens with one attached hydrogen (secondary N) is 1. The second-order valence-corrected chi connectivity index (χ2v) is 6.86. The minimum absolute atomic E-state index is 0.0194. The van der Waals surface area contributed by atoms with Gasteiger partial charge in [-0.05, 0) is 36.6 Å². The van der Waals surface area contributed by atoms with Gasteiger partial charge in [0.2, 0.25) is 10.0 Å². The molecule has 0 radical (unpaired) electrons. The Morgan fingerprint density at radius 1 is 1.27 bits per heavy atom. The van der Waals surface area contributed by atoms with Gasteiger partial charge in [-0.3, -0.25) is 4.79 Å². The zero-order valence-corrected chi connectivity index (χ0v) is 13.9. The largest absolute Gasteiger partial charge is 0.494 e. The van der Waals surface area contributed by atoms with Gasteiger partial charge < -0.3 is 9.84 Å². The third-order valence-electron chi connectivity index (χ3n) is 3.37. The molecule has 1 aromatic carbocycles. The monoisotopic (exact) mass is 329 g/mol. The lowest BCUT2D eigenvalue weighted by molar-refractivity contribution is -0.140. The molecule has 2 N–H and O–H groups in total. The fourth-order valence-corrected chi connectivity index (χ4v) is 3.11. The summed E-state index contributed by atoms with van der Waals surface area (Å²) in [5.41, 5.74) is 0. The van der Waals surface area contributed by atoms with Crippen molar-refractivity contribution in [3.05, 3.63) is 24.3 Å². The van der Waals surface area contributed by atoms with Crippen LogP contribution in [-0.2, 0) is 14.8 Å². The van der Waals surface area contributed by atoms with Crippen molar-refractivity contribution < 1.29 is 23.1 Å². The average molecular weight is 329 g/mol. The first kappa shape index (κ1) is 18.4. The fourth-order valence-electron chi connectivity index (χ4n) is 1.82. The van der Waals surface area contributed by atoms with Crippen molar-refractivity contribution in [2.24, 2.45) is 5.92 Å². The molecule has 22 heavy (non-hydrogen) atoms. The van der Waals surface area contributed by atoms with Crippen LogP contribution in [0.4, 0.5) is 0 Å². The van der Waals surface area contributed by atoms with Crippen LogP contribution in [0.1, 0.15) is 33.6 Å². The van der Waals surface area contributed by atoms with Crippen LogP contribution in [0.2, 0.25) is 0 Å². The van der Waals surface area contributed by atoms with Crippen LogP contribution in [0.25, 0.3) is 0 Å². The lowest BCUT2D eigenvalue weighted by Gasteiger charge is -2.20. The first-order valence-electron chi connectivity index (χ1n) is 7.29. The van der Waals surface area contributed by atoms with Gasteiger partial charge in [-0.25, -0.2) is 8.42 Å². The van der Waals surface area contributed by atoms with E-state index in [1.165, 1.54) is 12.1 Å². The molecule has 6 nitrogen and oxygen atoms in total. The van der Waals surface area contributed by atoms with E-state index >= 15 is 0 Å². The van der Waals surface area contributed by atoms with Crippen LogP contribution >= 0.6 is 0 Å². The van der Waals surface area contributed by atoms with E-state index < -0.39 is 22.0 Å². The molecular formula is C15H23NO5S. The Labute approximate surface area is 131 Å². The van der Waals surface area contributed by atoms with Crippen molar-refractivity contribution in [3.8, 4) is 5.75 Å². The molecule has 2 atom stereocenters. The van der Waals surface area contributed by atoms with Gasteiger partial charge in [0.15, 0.2) is 0 Å². The van der Waals surface area contributed by atoms with Crippen LogP contribution in [0.5, 0.6) is 5.75 Å². The van der Waals surface area contributed by atoms with E-state index in [0.29, 0.717) is 18.8 Å². The van der Waals surface area contributed by atoms with E-state index in [-0.39, 0.29) is 10.8 Å². The van der Waals surface area contributed by atoms with E-state index in [9.17, 15) is 18.3 Å². The van der Waals surface area contributed by atoms with E-state index in [0.717, 1.165) is 6.42 Å². The minimum atomic E-state index is -3.88. The van der Waals surface area contributed by atoms with Gasteiger partial charge in [-0.2, -0.15) is 4.72 Å². The molecule has 7 heteroatoms. The second-order valence-electron chi connectivity index (χ2n) is 5.14. The molecule has 0 spiro atoms. The number of carboxylic acid groups (broad SMARTS) is 1. The molecule has 0 saturated carbocycles. The number of hydrogen-bond donors (Lipinski definition) is 2. The van der Waals surface area contributed by atoms with E-state index in [2.05, 4.69) is 4.72 Å². The summed E-state index contributed by atoms with van der Waals surface area (Å²) in [6.07, 6.45) is 1.42. The highest BCUT2D eigenvalue weighted by atomic mass is 32.2. The summed E-state index contributed by atoms with van der Waals surface area (Å²) in [7, 11) is -3.88. The number of ether oxygens (including phenoxy) is 1. The fraction of sp³-hybridized carbons (Fsp3) is 0.533. The average Bonchev–Trinajstić information content (AvgIpc) is 2.50. The topological polar surface area (TPSA) is 92.7 Å². The molecule has 0 bridgehead atoms. The lowest BCUT2D eigenvalue weighted by atomic mass is 10.0. The van der Waals surface area contributed by atoms with Crippen LogP contribution in [0, 0.1) is 5.92 Å². The summed E-state index contributed by atoms with van der Waals surface area (Å²) in [5, 5.41) is 9.18. The SMILES string of the molecule is CCCOc1ccc(S(=O)(=O)N[C@H](C(=O)O)[C@@H](C)CC)cc1. The Morgan fingerprint density at radius 3 is 2.32 bits per heavy atom. The van der Waals surface area contributed by atoms with Crippen LogP contribution in [-0.4, -0.2) is 32.1 Å². The molecule has 0 aliphatic heterocycles. The Balaban J connectivity index is 2.91. The molecule has 124 valence electrons. The number of hydrogen-bond acceptors (Lipinski definition) is 4. The van der Waals surface area contributed by atoms with Gasteiger partial charge in [-0.1, -0.05) is 27.2 Å². The number of aliphatic carboxylic acids is 1. The van der Waals surface area contributed by atoms with Gasteiger partial charge in [-0.15, -0.1) is 0 Å². The van der Waals surface area contributed by atoms with Crippen molar-refractivity contribution in [1.29, 1.82) is 0 Å². The lowest BCUT2D eigenvalue weighted by Crippen LogP contribution is -2.44. The zero-order chi connectivity index (χ0) is 16.8. The number of benzene rings is 1. The van der Waals surface area contributed by atoms with Crippen molar-refractivity contribution in [3.63, 3.8) is 0 Å². The maximum atomic E-state index is 12.3. The van der Waals surface area contributed by atoms with E-state index in [1.54, 1.807) is 19.1 Å². The Bertz CT molecular complexity index is 582. The standard InChI is InChI=1S/C15H23NO5S/c1-4-10-21-12-6-8-13(9-7-12)22(19,20)16-14(15(17)18)11(3)5-2/h6-9,11,14,16H,4-5,10H2,1-3H3,(H,17,18)/t11-,14-/m0/s1. The quantitative estimate of drug-likeness (QED) is 0.725. The minimum Gasteiger partial charge on any atom is -0.494 e. The summed E-state index contributed by atoms with van der Waals surface area (Å²) in [6.45, 7) is 6.04. The number of sulfonamides is 1. The maximum Gasteiger partial charge on any atom is 0.322 e. The predicted molar refractivity (Wildman–Crippen MR) is 83.4 cm³/mol. The summed E-state index contributed by atoms with van der Waals surface area (Å²) in [5.74, 6) is -0.905. The Kier molecular flexibility index (Phi) is 6.83. The molecule has 0 aliphatic carbocycles. The summed E-state index contributed by atoms with van der Waals surface area (Å²) in [6, 6.07) is 4.78. The van der Waals surface area contributed by atoms with Crippen LogP contribution in [0.3, 0.4) is 0 Å². The highest BCUT2D eigenvalue weighted by Gasteiger charge is 2.29. The maximum absolute atomic E-state index is 12.3. The van der Waals surface area contributed by atoms with Crippen molar-refractivity contribution in [2.75, 3.05) is 6.61 Å². The van der Waals surface area contributed by atoms with Gasteiger partial charge in [0, 0.05) is 0 Å². The first-order chi connectivity index (χ1) is 10.3. The third-order valence-corrected chi connectivity index (χ3v) is 4.83. The van der Waals surface area contributed by atoms with Gasteiger partial charge >= 0.3 is 5.97 Å². The Morgan fingerprint density at radius 2 is 1.86 bits per heavy atom. The molecule has 0 fully saturated rings. The van der Waals surface area contributed by atoms with Crippen molar-refractivity contribution >= 4 is 16.0 Å². The molecule has 1 aromatic rings. The second kappa shape index (κ2) is 8.14. The predicted octanol–water partition coefficient (Wildman–Crippen LogP) is 2.25. The number of carboxylic acids is 1. The van der Waals surface area contributed by atoms with Crippen LogP contribution in [0.15, 0.2) is 29.2 Å². The summed E-state index contributed by atoms with van der Waals surface area (Å²) >= 11 is 0. The van der Waals surface area contributed by atoms with Gasteiger partial charge in [0.1, 0.15) is 11.8 Å². The highest BCUT2D eigenvalue weighted by molar-refractivity contribution is 7.89. The highest BCUT2D eigenvalue weighted by Crippen LogP contribution is 2.18. The molecule has 0 unspecified atom stereocenters. The molecule has 1 rings (SSSR count). The molecular weight excluding hydrogens is 306 g/mol. The Hall–Kier alpha value is -1.60. The smallest absolute Gasteiger partial charge is 0.322 e.